The first-order valence-corrected chi connectivity index (χ1v) is 9.52. The minimum absolute atomic E-state index is 0.250. The number of allylic oxidation sites excluding steroid dienone is 2. The summed E-state index contributed by atoms with van der Waals surface area (Å²) < 4.78 is 0. The number of pyridine rings is 1. The van der Waals surface area contributed by atoms with Gasteiger partial charge in [0.05, 0.1) is 0 Å². The number of nitrogens with two attached hydrogens (primary N) is 1. The molecule has 1 aromatic heterocycles. The number of aromatic nitrogens is 1. The Morgan fingerprint density at radius 3 is 2.84 bits per heavy atom. The largest absolute Gasteiger partial charge is 0.483 e. The molecule has 0 radical (unpaired) electrons. The summed E-state index contributed by atoms with van der Waals surface area (Å²) in [6.07, 6.45) is 7.74. The number of hydrogen-bond donors (Lipinski definition) is 2. The van der Waals surface area contributed by atoms with Gasteiger partial charge in [0, 0.05) is 31.2 Å². The van der Waals surface area contributed by atoms with E-state index in [9.17, 15) is 0 Å². The van der Waals surface area contributed by atoms with Crippen molar-refractivity contribution in [2.24, 2.45) is 17.2 Å². The van der Waals surface area contributed by atoms with E-state index < -0.39 is 0 Å². The van der Waals surface area contributed by atoms with Gasteiger partial charge in [0.25, 0.3) is 6.47 Å². The molecule has 1 aliphatic carbocycles. The first-order valence-electron chi connectivity index (χ1n) is 8.64. The lowest BCUT2D eigenvalue weighted by molar-refractivity contribution is -0.122. The highest BCUT2D eigenvalue weighted by Crippen LogP contribution is 2.58. The highest BCUT2D eigenvalue weighted by Gasteiger charge is 2.39. The van der Waals surface area contributed by atoms with E-state index in [0.29, 0.717) is 16.6 Å². The molecule has 0 amide bonds. The molecule has 0 saturated carbocycles. The lowest BCUT2D eigenvalue weighted by Gasteiger charge is -2.31. The Balaban J connectivity index is 0.000000701. The van der Waals surface area contributed by atoms with Crippen molar-refractivity contribution in [3.05, 3.63) is 40.1 Å². The number of hydrogen-bond acceptors (Lipinski definition) is 5. The van der Waals surface area contributed by atoms with Gasteiger partial charge in [-0.1, -0.05) is 26.3 Å². The van der Waals surface area contributed by atoms with Gasteiger partial charge in [-0.05, 0) is 52.7 Å². The van der Waals surface area contributed by atoms with Crippen molar-refractivity contribution in [3.8, 4) is 0 Å². The molecule has 1 aliphatic heterocycles. The monoisotopic (exact) mass is 363 g/mol. The van der Waals surface area contributed by atoms with Crippen LogP contribution in [0, 0.1) is 11.3 Å². The van der Waals surface area contributed by atoms with Gasteiger partial charge in [-0.3, -0.25) is 15.6 Å². The van der Waals surface area contributed by atoms with Crippen LogP contribution in [0.4, 0.5) is 0 Å². The molecule has 0 spiro atoms. The number of hydrazine groups is 1. The minimum atomic E-state index is -0.250. The first-order chi connectivity index (χ1) is 11.8. The van der Waals surface area contributed by atoms with E-state index >= 15 is 0 Å². The molecule has 3 rings (SSSR count). The van der Waals surface area contributed by atoms with Crippen LogP contribution in [0.5, 0.6) is 0 Å². The second kappa shape index (κ2) is 8.34. The number of nitrogens with zero attached hydrogens (tertiary/aromatic N) is 2. The van der Waals surface area contributed by atoms with Gasteiger partial charge in [-0.15, -0.1) is 11.8 Å². The van der Waals surface area contributed by atoms with Crippen LogP contribution in [0.15, 0.2) is 28.9 Å². The predicted octanol–water partition coefficient (Wildman–Crippen LogP) is 3.98. The van der Waals surface area contributed by atoms with Gasteiger partial charge in [0.1, 0.15) is 0 Å². The summed E-state index contributed by atoms with van der Waals surface area (Å²) in [6.45, 7) is 7.73. The molecule has 0 bridgehead atoms. The van der Waals surface area contributed by atoms with Crippen molar-refractivity contribution in [1.82, 2.24) is 9.99 Å². The van der Waals surface area contributed by atoms with Gasteiger partial charge in [-0.25, -0.2) is 5.01 Å². The van der Waals surface area contributed by atoms with Crippen molar-refractivity contribution in [2.45, 2.75) is 51.8 Å². The molecule has 6 heteroatoms. The molecule has 0 saturated heterocycles. The van der Waals surface area contributed by atoms with E-state index in [2.05, 4.69) is 49.8 Å². The fourth-order valence-corrected chi connectivity index (χ4v) is 5.38. The molecule has 25 heavy (non-hydrogen) atoms. The van der Waals surface area contributed by atoms with Crippen molar-refractivity contribution in [2.75, 3.05) is 7.05 Å². The van der Waals surface area contributed by atoms with Gasteiger partial charge in [0.15, 0.2) is 0 Å². The second-order valence-corrected chi connectivity index (χ2v) is 8.95. The van der Waals surface area contributed by atoms with Gasteiger partial charge in [-0.2, -0.15) is 0 Å². The van der Waals surface area contributed by atoms with E-state index in [1.165, 1.54) is 30.4 Å². The summed E-state index contributed by atoms with van der Waals surface area (Å²) in [4.78, 5) is 14.4. The maximum Gasteiger partial charge on any atom is 0.290 e. The Labute approximate surface area is 154 Å². The zero-order valence-electron chi connectivity index (χ0n) is 15.5. The normalized spacial score (nSPS) is 24.6. The molecule has 0 aromatic carbocycles. The van der Waals surface area contributed by atoms with Crippen LogP contribution in [0.25, 0.3) is 0 Å². The van der Waals surface area contributed by atoms with Crippen LogP contribution < -0.4 is 5.84 Å². The molecule has 5 nitrogen and oxygen atoms in total. The van der Waals surface area contributed by atoms with Gasteiger partial charge >= 0.3 is 0 Å². The lowest BCUT2D eigenvalue weighted by Crippen LogP contribution is -2.26. The minimum Gasteiger partial charge on any atom is -0.483 e. The lowest BCUT2D eigenvalue weighted by atomic mass is 9.73. The Kier molecular flexibility index (Phi) is 6.65. The van der Waals surface area contributed by atoms with Gasteiger partial charge in [0.2, 0.25) is 0 Å². The third-order valence-corrected chi connectivity index (χ3v) is 6.67. The number of rotatable bonds is 3. The van der Waals surface area contributed by atoms with E-state index in [0.717, 1.165) is 6.54 Å². The summed E-state index contributed by atoms with van der Waals surface area (Å²) in [6, 6.07) is 2.12. The molecule has 1 aromatic rings. The second-order valence-electron chi connectivity index (χ2n) is 7.71. The van der Waals surface area contributed by atoms with Crippen LogP contribution in [0.2, 0.25) is 0 Å². The smallest absolute Gasteiger partial charge is 0.290 e. The van der Waals surface area contributed by atoms with Gasteiger partial charge < -0.3 is 5.11 Å². The fraction of sp³-hybridized carbons (Fsp3) is 0.579. The van der Waals surface area contributed by atoms with Crippen LogP contribution >= 0.6 is 11.8 Å². The third-order valence-electron chi connectivity index (χ3n) is 5.00. The Morgan fingerprint density at radius 1 is 1.52 bits per heavy atom. The molecule has 0 fully saturated rings. The topological polar surface area (TPSA) is 79.5 Å². The van der Waals surface area contributed by atoms with Crippen molar-refractivity contribution >= 4 is 18.2 Å². The van der Waals surface area contributed by atoms with E-state index in [1.807, 2.05) is 13.2 Å². The zero-order valence-corrected chi connectivity index (χ0v) is 16.3. The summed E-state index contributed by atoms with van der Waals surface area (Å²) >= 11 is 2.08. The van der Waals surface area contributed by atoms with Crippen molar-refractivity contribution in [1.29, 1.82) is 0 Å². The van der Waals surface area contributed by atoms with Crippen LogP contribution in [0.1, 0.15) is 56.4 Å². The van der Waals surface area contributed by atoms with E-state index in [1.54, 1.807) is 15.5 Å². The van der Waals surface area contributed by atoms with Crippen LogP contribution in [0.3, 0.4) is 0 Å². The number of carbonyl (C=O) groups is 1. The fourth-order valence-electron chi connectivity index (χ4n) is 3.74. The number of thioether (sulfide) groups is 1. The molecule has 138 valence electrons. The first kappa shape index (κ1) is 19.9. The average molecular weight is 364 g/mol. The predicted molar refractivity (Wildman–Crippen MR) is 103 cm³/mol. The SMILES string of the molecule is CC1C2=C(CCC(C)(C)C2)SC1c1cnccc1CN(C)N.O=CO. The average Bonchev–Trinajstić information content (AvgIpc) is 2.84. The highest BCUT2D eigenvalue weighted by atomic mass is 32.2. The summed E-state index contributed by atoms with van der Waals surface area (Å²) in [5, 5.41) is 9.14. The molecule has 2 atom stereocenters. The van der Waals surface area contributed by atoms with Crippen LogP contribution in [-0.4, -0.2) is 28.6 Å². The molecular formula is C19H29N3O2S. The summed E-state index contributed by atoms with van der Waals surface area (Å²) in [5.41, 5.74) is 4.83. The van der Waals surface area contributed by atoms with Crippen LogP contribution in [-0.2, 0) is 11.3 Å². The molecule has 2 heterocycles. The standard InChI is InChI=1S/C18H27N3S.CH2O2/c1-12-14-9-18(2,3)7-5-16(14)22-17(12)15-10-20-8-6-13(15)11-21(4)19;2-1-3/h6,8,10,12,17H,5,7,9,11,19H2,1-4H3;1H,(H,2,3). The Hall–Kier alpha value is -1.37. The highest BCUT2D eigenvalue weighted by molar-refractivity contribution is 8.03. The molecule has 2 aliphatic rings. The molecule has 2 unspecified atom stereocenters. The quantitative estimate of drug-likeness (QED) is 0.480. The maximum atomic E-state index is 8.36. The van der Waals surface area contributed by atoms with E-state index in [-0.39, 0.29) is 6.47 Å². The van der Waals surface area contributed by atoms with Crippen molar-refractivity contribution in [3.63, 3.8) is 0 Å². The zero-order chi connectivity index (χ0) is 18.6. The molecule has 3 N–H and O–H groups in total. The third kappa shape index (κ3) is 4.84. The number of carboxylic acid groups (broad SMARTS) is 1. The Bertz CT molecular complexity index is 643. The summed E-state index contributed by atoms with van der Waals surface area (Å²) in [5.74, 6) is 6.48. The maximum absolute atomic E-state index is 8.36. The molecular weight excluding hydrogens is 334 g/mol. The Morgan fingerprint density at radius 2 is 2.20 bits per heavy atom. The summed E-state index contributed by atoms with van der Waals surface area (Å²) in [7, 11) is 1.92. The van der Waals surface area contributed by atoms with E-state index in [4.69, 9.17) is 15.7 Å². The van der Waals surface area contributed by atoms with Crippen molar-refractivity contribution < 1.29 is 9.90 Å².